The summed E-state index contributed by atoms with van der Waals surface area (Å²) in [5.74, 6) is 0.0181. The summed E-state index contributed by atoms with van der Waals surface area (Å²) in [5.41, 5.74) is 3.72. The number of nitrogens with zero attached hydrogens (tertiary/aromatic N) is 1. The van der Waals surface area contributed by atoms with Crippen molar-refractivity contribution in [3.8, 4) is 0 Å². The summed E-state index contributed by atoms with van der Waals surface area (Å²) in [7, 11) is 0. The number of halogens is 1. The van der Waals surface area contributed by atoms with Crippen LogP contribution in [-0.4, -0.2) is 18.4 Å². The number of fused-ring (bicyclic) bond motifs is 1. The lowest BCUT2D eigenvalue weighted by atomic mass is 9.97. The number of hydrogen-bond acceptors (Lipinski definition) is 2. The van der Waals surface area contributed by atoms with Crippen molar-refractivity contribution in [1.29, 1.82) is 0 Å². The molecule has 4 nitrogen and oxygen atoms in total. The average molecular weight is 366 g/mol. The summed E-state index contributed by atoms with van der Waals surface area (Å²) in [6.45, 7) is 2.68. The Hall–Kier alpha value is -2.69. The summed E-state index contributed by atoms with van der Waals surface area (Å²) in [6.07, 6.45) is 3.15. The fourth-order valence-electron chi connectivity index (χ4n) is 3.64. The zero-order valence-electron chi connectivity index (χ0n) is 15.4. The number of rotatable bonds is 5. The Morgan fingerprint density at radius 1 is 1.19 bits per heavy atom. The first kappa shape index (κ1) is 17.7. The normalized spacial score (nSPS) is 16.7. The zero-order chi connectivity index (χ0) is 19.0. The average Bonchev–Trinajstić information content (AvgIpc) is 3.41. The van der Waals surface area contributed by atoms with E-state index in [0.717, 1.165) is 42.6 Å². The van der Waals surface area contributed by atoms with Gasteiger partial charge in [0.2, 0.25) is 11.8 Å². The Morgan fingerprint density at radius 2 is 1.93 bits per heavy atom. The van der Waals surface area contributed by atoms with Crippen LogP contribution in [0.3, 0.4) is 0 Å². The van der Waals surface area contributed by atoms with Gasteiger partial charge in [0, 0.05) is 30.3 Å². The molecule has 0 bridgehead atoms. The molecule has 0 spiro atoms. The lowest BCUT2D eigenvalue weighted by molar-refractivity contribution is -0.119. The molecule has 1 saturated carbocycles. The fourth-order valence-corrected chi connectivity index (χ4v) is 3.64. The molecule has 27 heavy (non-hydrogen) atoms. The lowest BCUT2D eigenvalue weighted by Gasteiger charge is -2.18. The van der Waals surface area contributed by atoms with Gasteiger partial charge in [0.15, 0.2) is 0 Å². The lowest BCUT2D eigenvalue weighted by Crippen LogP contribution is -2.30. The van der Waals surface area contributed by atoms with Crippen LogP contribution in [0.4, 0.5) is 15.8 Å². The van der Waals surface area contributed by atoms with E-state index in [4.69, 9.17) is 0 Å². The van der Waals surface area contributed by atoms with Gasteiger partial charge in [-0.25, -0.2) is 4.39 Å². The summed E-state index contributed by atoms with van der Waals surface area (Å²) in [5, 5.41) is 2.94. The molecule has 1 atom stereocenters. The summed E-state index contributed by atoms with van der Waals surface area (Å²) < 4.78 is 13.0. The molecule has 1 aliphatic carbocycles. The second-order valence-electron chi connectivity index (χ2n) is 7.56. The summed E-state index contributed by atoms with van der Waals surface area (Å²) in [4.78, 5) is 26.7. The van der Waals surface area contributed by atoms with Crippen molar-refractivity contribution in [2.75, 3.05) is 16.8 Å². The van der Waals surface area contributed by atoms with Crippen LogP contribution in [0.5, 0.6) is 0 Å². The number of benzene rings is 2. The van der Waals surface area contributed by atoms with Gasteiger partial charge in [-0.1, -0.05) is 25.1 Å². The highest BCUT2D eigenvalue weighted by atomic mass is 19.1. The fraction of sp³-hybridized carbons (Fsp3) is 0.364. The van der Waals surface area contributed by atoms with Crippen molar-refractivity contribution in [2.45, 2.75) is 38.5 Å². The Bertz CT molecular complexity index is 874. The molecule has 1 fully saturated rings. The van der Waals surface area contributed by atoms with E-state index >= 15 is 0 Å². The minimum atomic E-state index is -0.279. The maximum absolute atomic E-state index is 13.0. The Labute approximate surface area is 158 Å². The molecule has 0 saturated heterocycles. The molecule has 1 N–H and O–H groups in total. The van der Waals surface area contributed by atoms with Crippen molar-refractivity contribution in [1.82, 2.24) is 0 Å². The topological polar surface area (TPSA) is 49.4 Å². The molecule has 1 heterocycles. The minimum absolute atomic E-state index is 0.00651. The van der Waals surface area contributed by atoms with Gasteiger partial charge in [0.25, 0.3) is 0 Å². The molecule has 5 heteroatoms. The predicted octanol–water partition coefficient (Wildman–Crippen LogP) is 4.26. The number of carbonyl (C=O) groups excluding carboxylic acids is 2. The Morgan fingerprint density at radius 3 is 2.63 bits per heavy atom. The zero-order valence-corrected chi connectivity index (χ0v) is 15.4. The van der Waals surface area contributed by atoms with Gasteiger partial charge < -0.3 is 10.2 Å². The smallest absolute Gasteiger partial charge is 0.230 e. The number of carbonyl (C=O) groups is 2. The molecule has 4 rings (SSSR count). The largest absolute Gasteiger partial charge is 0.326 e. The predicted molar refractivity (Wildman–Crippen MR) is 103 cm³/mol. The monoisotopic (exact) mass is 366 g/mol. The van der Waals surface area contributed by atoms with E-state index in [0.29, 0.717) is 12.1 Å². The van der Waals surface area contributed by atoms with Gasteiger partial charge in [-0.3, -0.25) is 9.59 Å². The van der Waals surface area contributed by atoms with Crippen LogP contribution in [0, 0.1) is 11.7 Å². The number of amides is 2. The first-order valence-corrected chi connectivity index (χ1v) is 9.51. The molecule has 2 amide bonds. The molecule has 2 aliphatic rings. The Balaban J connectivity index is 1.42. The van der Waals surface area contributed by atoms with E-state index in [-0.39, 0.29) is 29.5 Å². The van der Waals surface area contributed by atoms with E-state index in [2.05, 4.69) is 5.32 Å². The first-order valence-electron chi connectivity index (χ1n) is 9.51. The molecule has 2 aromatic carbocycles. The highest BCUT2D eigenvalue weighted by Gasteiger charge is 2.36. The maximum Gasteiger partial charge on any atom is 0.230 e. The van der Waals surface area contributed by atoms with E-state index < -0.39 is 0 Å². The molecular formula is C22H23FN2O2. The van der Waals surface area contributed by atoms with Crippen LogP contribution in [-0.2, 0) is 16.0 Å². The van der Waals surface area contributed by atoms with Crippen LogP contribution in [0.25, 0.3) is 0 Å². The highest BCUT2D eigenvalue weighted by Crippen LogP contribution is 2.37. The van der Waals surface area contributed by atoms with Crippen LogP contribution in [0.15, 0.2) is 42.5 Å². The standard InChI is InChI=1S/C22H23FN2O2/c1-14(15-4-7-18(23)8-5-15)12-21(26)24-19-9-6-16-10-11-25(20(16)13-19)22(27)17-2-3-17/h4-9,13-14,17H,2-3,10-12H2,1H3,(H,24,26). The molecular weight excluding hydrogens is 343 g/mol. The minimum Gasteiger partial charge on any atom is -0.326 e. The van der Waals surface area contributed by atoms with Crippen LogP contribution >= 0.6 is 0 Å². The van der Waals surface area contributed by atoms with Crippen LogP contribution in [0.1, 0.15) is 43.2 Å². The van der Waals surface area contributed by atoms with E-state index in [1.807, 2.05) is 30.0 Å². The van der Waals surface area contributed by atoms with E-state index in [1.54, 1.807) is 12.1 Å². The molecule has 1 unspecified atom stereocenters. The summed E-state index contributed by atoms with van der Waals surface area (Å²) >= 11 is 0. The van der Waals surface area contributed by atoms with Gasteiger partial charge in [-0.05, 0) is 60.6 Å². The van der Waals surface area contributed by atoms with Crippen molar-refractivity contribution in [2.24, 2.45) is 5.92 Å². The van der Waals surface area contributed by atoms with Crippen LogP contribution in [0.2, 0.25) is 0 Å². The Kier molecular flexibility index (Phi) is 4.68. The van der Waals surface area contributed by atoms with Gasteiger partial charge in [-0.15, -0.1) is 0 Å². The van der Waals surface area contributed by atoms with Gasteiger partial charge in [-0.2, -0.15) is 0 Å². The van der Waals surface area contributed by atoms with E-state index in [9.17, 15) is 14.0 Å². The molecule has 1 aliphatic heterocycles. The number of nitrogens with one attached hydrogen (secondary N) is 1. The second-order valence-corrected chi connectivity index (χ2v) is 7.56. The third-order valence-corrected chi connectivity index (χ3v) is 5.39. The summed E-state index contributed by atoms with van der Waals surface area (Å²) in [6, 6.07) is 12.0. The quantitative estimate of drug-likeness (QED) is 0.860. The van der Waals surface area contributed by atoms with Crippen molar-refractivity contribution in [3.05, 3.63) is 59.4 Å². The molecule has 0 aromatic heterocycles. The highest BCUT2D eigenvalue weighted by molar-refractivity contribution is 5.99. The third-order valence-electron chi connectivity index (χ3n) is 5.39. The van der Waals surface area contributed by atoms with Gasteiger partial charge in [0.05, 0.1) is 0 Å². The van der Waals surface area contributed by atoms with Crippen molar-refractivity contribution >= 4 is 23.2 Å². The molecule has 2 aromatic rings. The SMILES string of the molecule is CC(CC(=O)Nc1ccc2c(c1)N(C(=O)C1CC1)CC2)c1ccc(F)cc1. The second kappa shape index (κ2) is 7.14. The van der Waals surface area contributed by atoms with Gasteiger partial charge >= 0.3 is 0 Å². The third kappa shape index (κ3) is 3.87. The van der Waals surface area contributed by atoms with Gasteiger partial charge in [0.1, 0.15) is 5.82 Å². The maximum atomic E-state index is 13.0. The first-order chi connectivity index (χ1) is 13.0. The molecule has 0 radical (unpaired) electrons. The van der Waals surface area contributed by atoms with Crippen LogP contribution < -0.4 is 10.2 Å². The van der Waals surface area contributed by atoms with E-state index in [1.165, 1.54) is 12.1 Å². The molecule has 140 valence electrons. The van der Waals surface area contributed by atoms with Crippen molar-refractivity contribution < 1.29 is 14.0 Å². The number of hydrogen-bond donors (Lipinski definition) is 1. The number of anilines is 2. The van der Waals surface area contributed by atoms with Crippen molar-refractivity contribution in [3.63, 3.8) is 0 Å².